The first kappa shape index (κ1) is 27.5. The summed E-state index contributed by atoms with van der Waals surface area (Å²) < 4.78 is 16.3. The van der Waals surface area contributed by atoms with Crippen molar-refractivity contribution in [3.63, 3.8) is 0 Å². The van der Waals surface area contributed by atoms with Crippen molar-refractivity contribution in [2.45, 2.75) is 0 Å². The zero-order chi connectivity index (χ0) is 29.3. The van der Waals surface area contributed by atoms with Gasteiger partial charge in [-0.3, -0.25) is 14.9 Å². The van der Waals surface area contributed by atoms with E-state index in [0.717, 1.165) is 0 Å². The van der Waals surface area contributed by atoms with Crippen molar-refractivity contribution < 1.29 is 28.3 Å². The van der Waals surface area contributed by atoms with Crippen molar-refractivity contribution in [3.05, 3.63) is 126 Å². The molecule has 0 saturated carbocycles. The number of para-hydroxylation sites is 2. The van der Waals surface area contributed by atoms with Gasteiger partial charge in [-0.15, -0.1) is 5.10 Å². The van der Waals surface area contributed by atoms with Gasteiger partial charge in [0.25, 0.3) is 5.91 Å². The highest BCUT2D eigenvalue weighted by atomic mass is 16.5. The quantitative estimate of drug-likeness (QED) is 0.130. The third-order valence-corrected chi connectivity index (χ3v) is 5.96. The predicted octanol–water partition coefficient (Wildman–Crippen LogP) is 5.87. The number of carbonyl (C=O) groups excluding carboxylic acids is 3. The number of rotatable bonds is 9. The standard InChI is InChI=1S/C32H24N4O6/c1-40-24-18-15-22(16-19-24)30-35-36-32(42-30)34-29(38)25-12-6-7-13-26(25)33-28(37)20-17-21-9-5-8-14-27(21)41-31(39)23-10-3-2-4-11-23/h2-20H,1H3,(H,33,37)(H,34,36,38)/b20-17+. The molecule has 5 aromatic rings. The van der Waals surface area contributed by atoms with Crippen molar-refractivity contribution >= 4 is 35.6 Å². The van der Waals surface area contributed by atoms with E-state index in [1.54, 1.807) is 110 Å². The van der Waals surface area contributed by atoms with Gasteiger partial charge in [-0.1, -0.05) is 53.6 Å². The highest BCUT2D eigenvalue weighted by Crippen LogP contribution is 2.24. The van der Waals surface area contributed by atoms with Crippen LogP contribution in [-0.2, 0) is 4.79 Å². The Labute approximate surface area is 240 Å². The number of benzene rings is 4. The molecule has 0 aliphatic carbocycles. The Balaban J connectivity index is 1.25. The van der Waals surface area contributed by atoms with Crippen LogP contribution in [0.4, 0.5) is 11.7 Å². The van der Waals surface area contributed by atoms with Gasteiger partial charge in [0.15, 0.2) is 0 Å². The lowest BCUT2D eigenvalue weighted by atomic mass is 10.1. The lowest BCUT2D eigenvalue weighted by Crippen LogP contribution is -2.17. The van der Waals surface area contributed by atoms with Crippen molar-refractivity contribution in [1.82, 2.24) is 10.2 Å². The van der Waals surface area contributed by atoms with Gasteiger partial charge in [-0.2, -0.15) is 0 Å². The summed E-state index contributed by atoms with van der Waals surface area (Å²) in [6.45, 7) is 0. The first-order chi connectivity index (χ1) is 20.5. The molecule has 1 heterocycles. The summed E-state index contributed by atoms with van der Waals surface area (Å²) in [7, 11) is 1.57. The van der Waals surface area contributed by atoms with Crippen LogP contribution >= 0.6 is 0 Å². The molecule has 0 atom stereocenters. The lowest BCUT2D eigenvalue weighted by molar-refractivity contribution is -0.111. The van der Waals surface area contributed by atoms with Crippen LogP contribution in [0.1, 0.15) is 26.3 Å². The van der Waals surface area contributed by atoms with Gasteiger partial charge in [0.05, 0.1) is 23.9 Å². The van der Waals surface area contributed by atoms with E-state index in [2.05, 4.69) is 20.8 Å². The summed E-state index contributed by atoms with van der Waals surface area (Å²) in [6.07, 6.45) is 2.80. The molecule has 0 saturated heterocycles. The molecule has 42 heavy (non-hydrogen) atoms. The predicted molar refractivity (Wildman–Crippen MR) is 156 cm³/mol. The van der Waals surface area contributed by atoms with Crippen LogP contribution in [0.25, 0.3) is 17.5 Å². The van der Waals surface area contributed by atoms with Gasteiger partial charge in [0.1, 0.15) is 11.5 Å². The Hall–Kier alpha value is -6.03. The molecule has 0 aliphatic rings. The summed E-state index contributed by atoms with van der Waals surface area (Å²) in [6, 6.07) is 28.8. The number of hydrogen-bond acceptors (Lipinski definition) is 8. The summed E-state index contributed by atoms with van der Waals surface area (Å²) in [4.78, 5) is 38.3. The van der Waals surface area contributed by atoms with Crippen LogP contribution in [0.2, 0.25) is 0 Å². The number of anilines is 2. The Bertz CT molecular complexity index is 1750. The minimum absolute atomic E-state index is 0.103. The summed E-state index contributed by atoms with van der Waals surface area (Å²) >= 11 is 0. The molecule has 2 N–H and O–H groups in total. The van der Waals surface area contributed by atoms with E-state index >= 15 is 0 Å². The second kappa shape index (κ2) is 12.9. The molecule has 208 valence electrons. The van der Waals surface area contributed by atoms with E-state index in [9.17, 15) is 14.4 Å². The van der Waals surface area contributed by atoms with E-state index in [1.807, 2.05) is 0 Å². The monoisotopic (exact) mass is 560 g/mol. The van der Waals surface area contributed by atoms with E-state index in [-0.39, 0.29) is 23.2 Å². The summed E-state index contributed by atoms with van der Waals surface area (Å²) in [5.74, 6) is -0.385. The van der Waals surface area contributed by atoms with Gasteiger partial charge >= 0.3 is 12.0 Å². The van der Waals surface area contributed by atoms with E-state index in [1.165, 1.54) is 12.2 Å². The molecular formula is C32H24N4O6. The van der Waals surface area contributed by atoms with Crippen molar-refractivity contribution in [2.24, 2.45) is 0 Å². The average Bonchev–Trinajstić information content (AvgIpc) is 3.49. The number of nitrogens with zero attached hydrogens (tertiary/aromatic N) is 2. The SMILES string of the molecule is COc1ccc(-c2nnc(NC(=O)c3ccccc3NC(=O)/C=C/c3ccccc3OC(=O)c3ccccc3)o2)cc1. The molecule has 0 aliphatic heterocycles. The van der Waals surface area contributed by atoms with Crippen LogP contribution in [0, 0.1) is 0 Å². The molecule has 5 rings (SSSR count). The maximum Gasteiger partial charge on any atom is 0.343 e. The Morgan fingerprint density at radius 1 is 0.786 bits per heavy atom. The number of amides is 2. The zero-order valence-electron chi connectivity index (χ0n) is 22.3. The first-order valence-corrected chi connectivity index (χ1v) is 12.7. The summed E-state index contributed by atoms with van der Waals surface area (Å²) in [5.41, 5.74) is 2.03. The van der Waals surface area contributed by atoms with Crippen LogP contribution in [-0.4, -0.2) is 35.1 Å². The first-order valence-electron chi connectivity index (χ1n) is 12.7. The van der Waals surface area contributed by atoms with Gasteiger partial charge in [-0.05, 0) is 60.7 Å². The summed E-state index contributed by atoms with van der Waals surface area (Å²) in [5, 5.41) is 13.1. The number of esters is 1. The van der Waals surface area contributed by atoms with Gasteiger partial charge < -0.3 is 19.2 Å². The molecule has 10 heteroatoms. The Morgan fingerprint density at radius 2 is 1.50 bits per heavy atom. The van der Waals surface area contributed by atoms with Crippen LogP contribution < -0.4 is 20.1 Å². The fourth-order valence-corrected chi connectivity index (χ4v) is 3.86. The molecule has 4 aromatic carbocycles. The number of carbonyl (C=O) groups is 3. The van der Waals surface area contributed by atoms with E-state index in [0.29, 0.717) is 28.2 Å². The van der Waals surface area contributed by atoms with Crippen LogP contribution in [0.3, 0.4) is 0 Å². The van der Waals surface area contributed by atoms with Crippen molar-refractivity contribution in [2.75, 3.05) is 17.7 Å². The number of methoxy groups -OCH3 is 1. The van der Waals surface area contributed by atoms with Crippen molar-refractivity contribution in [1.29, 1.82) is 0 Å². The zero-order valence-corrected chi connectivity index (χ0v) is 22.3. The third kappa shape index (κ3) is 6.75. The normalized spacial score (nSPS) is 10.7. The molecule has 0 fully saturated rings. The second-order valence-electron chi connectivity index (χ2n) is 8.76. The van der Waals surface area contributed by atoms with Crippen LogP contribution in [0.5, 0.6) is 11.5 Å². The second-order valence-corrected chi connectivity index (χ2v) is 8.76. The molecular weight excluding hydrogens is 536 g/mol. The highest BCUT2D eigenvalue weighted by Gasteiger charge is 2.17. The third-order valence-electron chi connectivity index (χ3n) is 5.96. The molecule has 1 aromatic heterocycles. The molecule has 0 unspecified atom stereocenters. The molecule has 10 nitrogen and oxygen atoms in total. The van der Waals surface area contributed by atoms with Crippen molar-refractivity contribution in [3.8, 4) is 23.0 Å². The molecule has 0 spiro atoms. The average molecular weight is 561 g/mol. The highest BCUT2D eigenvalue weighted by molar-refractivity contribution is 6.11. The minimum Gasteiger partial charge on any atom is -0.497 e. The maximum absolute atomic E-state index is 13.0. The fourth-order valence-electron chi connectivity index (χ4n) is 3.86. The smallest absolute Gasteiger partial charge is 0.343 e. The Morgan fingerprint density at radius 3 is 2.29 bits per heavy atom. The Kier molecular flexibility index (Phi) is 8.44. The van der Waals surface area contributed by atoms with Gasteiger partial charge in [0, 0.05) is 17.2 Å². The van der Waals surface area contributed by atoms with Gasteiger partial charge in [-0.25, -0.2) is 4.79 Å². The molecule has 0 radical (unpaired) electrons. The minimum atomic E-state index is -0.557. The van der Waals surface area contributed by atoms with E-state index in [4.69, 9.17) is 13.9 Å². The largest absolute Gasteiger partial charge is 0.497 e. The number of nitrogens with one attached hydrogen (secondary N) is 2. The van der Waals surface area contributed by atoms with Crippen LogP contribution in [0.15, 0.2) is 114 Å². The fraction of sp³-hybridized carbons (Fsp3) is 0.0312. The number of ether oxygens (including phenoxy) is 2. The topological polar surface area (TPSA) is 133 Å². The molecule has 0 bridgehead atoms. The number of hydrogen-bond donors (Lipinski definition) is 2. The van der Waals surface area contributed by atoms with Gasteiger partial charge in [0.2, 0.25) is 11.8 Å². The number of aromatic nitrogens is 2. The maximum atomic E-state index is 13.0. The lowest BCUT2D eigenvalue weighted by Gasteiger charge is -2.09. The molecule has 2 amide bonds. The van der Waals surface area contributed by atoms with E-state index < -0.39 is 17.8 Å².